The van der Waals surface area contributed by atoms with E-state index in [-0.39, 0.29) is 18.3 Å². The Morgan fingerprint density at radius 1 is 1.31 bits per heavy atom. The van der Waals surface area contributed by atoms with Gasteiger partial charge in [-0.15, -0.1) is 13.2 Å². The first-order valence-corrected chi connectivity index (χ1v) is 8.21. The van der Waals surface area contributed by atoms with Crippen molar-refractivity contribution in [3.63, 3.8) is 0 Å². The van der Waals surface area contributed by atoms with Gasteiger partial charge in [-0.1, -0.05) is 12.1 Å². The van der Waals surface area contributed by atoms with Crippen LogP contribution >= 0.6 is 0 Å². The van der Waals surface area contributed by atoms with E-state index in [9.17, 15) is 18.0 Å². The lowest BCUT2D eigenvalue weighted by Gasteiger charge is -2.22. The van der Waals surface area contributed by atoms with Crippen LogP contribution in [0.25, 0.3) is 0 Å². The molecular formula is C17H18F3N3O3. The zero-order valence-corrected chi connectivity index (χ0v) is 13.8. The van der Waals surface area contributed by atoms with E-state index >= 15 is 0 Å². The zero-order valence-electron chi connectivity index (χ0n) is 13.8. The fourth-order valence-corrected chi connectivity index (χ4v) is 2.70. The molecule has 1 aromatic carbocycles. The molecule has 26 heavy (non-hydrogen) atoms. The number of para-hydroxylation sites is 1. The van der Waals surface area contributed by atoms with Crippen LogP contribution in [0.15, 0.2) is 36.5 Å². The minimum atomic E-state index is -4.87. The molecule has 1 N–H and O–H groups in total. The van der Waals surface area contributed by atoms with Gasteiger partial charge >= 0.3 is 6.36 Å². The topological polar surface area (TPSA) is 65.4 Å². The maximum Gasteiger partial charge on any atom is 0.573 e. The number of rotatable bonds is 5. The molecule has 2 heterocycles. The number of halogens is 3. The molecule has 0 bridgehead atoms. The number of nitrogens with zero attached hydrogens (tertiary/aromatic N) is 2. The van der Waals surface area contributed by atoms with Gasteiger partial charge < -0.3 is 14.8 Å². The third-order valence-electron chi connectivity index (χ3n) is 3.90. The van der Waals surface area contributed by atoms with Crippen molar-refractivity contribution in [3.05, 3.63) is 47.8 Å². The van der Waals surface area contributed by atoms with Gasteiger partial charge in [0.05, 0.1) is 17.8 Å². The highest BCUT2D eigenvalue weighted by Crippen LogP contribution is 2.26. The summed E-state index contributed by atoms with van der Waals surface area (Å²) in [4.78, 5) is 12.2. The number of aromatic nitrogens is 2. The van der Waals surface area contributed by atoms with Crippen LogP contribution in [-0.2, 0) is 11.3 Å². The molecule has 1 saturated heterocycles. The van der Waals surface area contributed by atoms with Gasteiger partial charge in [-0.2, -0.15) is 5.10 Å². The molecule has 2 aromatic rings. The predicted molar refractivity (Wildman–Crippen MR) is 85.4 cm³/mol. The Balaban J connectivity index is 1.62. The Labute approximate surface area is 147 Å². The van der Waals surface area contributed by atoms with Gasteiger partial charge in [-0.3, -0.25) is 4.79 Å². The molecule has 0 spiro atoms. The number of nitrogens with one attached hydrogen (secondary N) is 1. The fourth-order valence-electron chi connectivity index (χ4n) is 2.70. The number of benzene rings is 1. The number of hydrogen-bond donors (Lipinski definition) is 1. The van der Waals surface area contributed by atoms with E-state index < -0.39 is 18.0 Å². The zero-order chi connectivity index (χ0) is 18.6. The summed E-state index contributed by atoms with van der Waals surface area (Å²) in [7, 11) is 0. The first-order chi connectivity index (χ1) is 12.4. The van der Waals surface area contributed by atoms with Crippen molar-refractivity contribution >= 4 is 5.91 Å². The number of ether oxygens (including phenoxy) is 2. The Morgan fingerprint density at radius 3 is 2.85 bits per heavy atom. The highest BCUT2D eigenvalue weighted by Gasteiger charge is 2.32. The molecule has 1 aliphatic heterocycles. The molecular weight excluding hydrogens is 351 g/mol. The van der Waals surface area contributed by atoms with Gasteiger partial charge in [0.1, 0.15) is 12.0 Å². The second kappa shape index (κ2) is 7.77. The molecule has 0 aliphatic carbocycles. The highest BCUT2D eigenvalue weighted by atomic mass is 19.4. The highest BCUT2D eigenvalue weighted by molar-refractivity contribution is 5.96. The molecule has 1 aliphatic rings. The molecule has 6 nitrogen and oxygen atoms in total. The number of hydrogen-bond acceptors (Lipinski definition) is 4. The molecule has 3 rings (SSSR count). The second-order valence-corrected chi connectivity index (χ2v) is 5.83. The molecule has 1 aromatic heterocycles. The van der Waals surface area contributed by atoms with E-state index in [1.807, 2.05) is 0 Å². The van der Waals surface area contributed by atoms with Crippen LogP contribution in [0.5, 0.6) is 5.75 Å². The van der Waals surface area contributed by atoms with Crippen LogP contribution < -0.4 is 10.1 Å². The van der Waals surface area contributed by atoms with Crippen molar-refractivity contribution in [2.45, 2.75) is 38.4 Å². The Hall–Kier alpha value is -2.55. The summed E-state index contributed by atoms with van der Waals surface area (Å²) < 4.78 is 48.5. The Bertz CT molecular complexity index is 755. The summed E-state index contributed by atoms with van der Waals surface area (Å²) in [5, 5.41) is 6.90. The number of alkyl halides is 3. The smallest absolute Gasteiger partial charge is 0.405 e. The van der Waals surface area contributed by atoms with Gasteiger partial charge in [0, 0.05) is 12.8 Å². The maximum atomic E-state index is 12.4. The van der Waals surface area contributed by atoms with Crippen LogP contribution in [0.4, 0.5) is 13.2 Å². The summed E-state index contributed by atoms with van der Waals surface area (Å²) in [5.74, 6) is -1.22. The molecule has 9 heteroatoms. The summed E-state index contributed by atoms with van der Waals surface area (Å²) in [6.07, 6.45) is -0.260. The van der Waals surface area contributed by atoms with Crippen molar-refractivity contribution in [1.29, 1.82) is 0 Å². The van der Waals surface area contributed by atoms with Crippen molar-refractivity contribution in [2.75, 3.05) is 6.61 Å². The molecule has 1 amide bonds. The lowest BCUT2D eigenvalue weighted by molar-refractivity contribution is -0.274. The lowest BCUT2D eigenvalue weighted by Crippen LogP contribution is -2.26. The van der Waals surface area contributed by atoms with Gasteiger partial charge in [0.25, 0.3) is 5.91 Å². The van der Waals surface area contributed by atoms with E-state index in [1.165, 1.54) is 18.2 Å². The summed E-state index contributed by atoms with van der Waals surface area (Å²) >= 11 is 0. The quantitative estimate of drug-likeness (QED) is 0.877. The molecule has 1 fully saturated rings. The number of carbonyl (C=O) groups is 1. The average molecular weight is 369 g/mol. The van der Waals surface area contributed by atoms with E-state index in [2.05, 4.69) is 15.2 Å². The van der Waals surface area contributed by atoms with Crippen molar-refractivity contribution in [1.82, 2.24) is 15.1 Å². The Morgan fingerprint density at radius 2 is 2.12 bits per heavy atom. The van der Waals surface area contributed by atoms with E-state index in [0.717, 1.165) is 25.3 Å². The normalized spacial score (nSPS) is 17.7. The van der Waals surface area contributed by atoms with Gasteiger partial charge in [-0.05, 0) is 37.5 Å². The van der Waals surface area contributed by atoms with Crippen LogP contribution in [0.3, 0.4) is 0 Å². The maximum absolute atomic E-state index is 12.4. The SMILES string of the molecule is O=C(NCc1ccn(C2CCCCO2)n1)c1ccccc1OC(F)(F)F. The molecule has 0 radical (unpaired) electrons. The largest absolute Gasteiger partial charge is 0.573 e. The van der Waals surface area contributed by atoms with Crippen LogP contribution in [0.1, 0.15) is 41.5 Å². The second-order valence-electron chi connectivity index (χ2n) is 5.83. The number of carbonyl (C=O) groups excluding carboxylic acids is 1. The summed E-state index contributed by atoms with van der Waals surface area (Å²) in [6, 6.07) is 6.93. The summed E-state index contributed by atoms with van der Waals surface area (Å²) in [5.41, 5.74) is 0.390. The fraction of sp³-hybridized carbons (Fsp3) is 0.412. The molecule has 1 unspecified atom stereocenters. The molecule has 1 atom stereocenters. The summed E-state index contributed by atoms with van der Waals surface area (Å²) in [6.45, 7) is 0.769. The van der Waals surface area contributed by atoms with Crippen molar-refractivity contribution in [3.8, 4) is 5.75 Å². The Kier molecular flexibility index (Phi) is 5.46. The monoisotopic (exact) mass is 369 g/mol. The average Bonchev–Trinajstić information content (AvgIpc) is 3.08. The van der Waals surface area contributed by atoms with Crippen LogP contribution in [0, 0.1) is 0 Å². The van der Waals surface area contributed by atoms with Gasteiger partial charge in [-0.25, -0.2) is 4.68 Å². The first kappa shape index (κ1) is 18.2. The van der Waals surface area contributed by atoms with E-state index in [1.54, 1.807) is 16.9 Å². The van der Waals surface area contributed by atoms with Crippen LogP contribution in [0.2, 0.25) is 0 Å². The molecule has 140 valence electrons. The minimum absolute atomic E-state index is 0.0822. The molecule has 0 saturated carbocycles. The van der Waals surface area contributed by atoms with Gasteiger partial charge in [0.2, 0.25) is 0 Å². The van der Waals surface area contributed by atoms with Crippen molar-refractivity contribution < 1.29 is 27.4 Å². The van der Waals surface area contributed by atoms with Gasteiger partial charge in [0.15, 0.2) is 0 Å². The standard InChI is InChI=1S/C17H18F3N3O3/c18-17(19,20)26-14-6-2-1-5-13(14)16(24)21-11-12-8-9-23(22-12)15-7-3-4-10-25-15/h1-2,5-6,8-9,15H,3-4,7,10-11H2,(H,21,24). The van der Waals surface area contributed by atoms with Crippen LogP contribution in [-0.4, -0.2) is 28.7 Å². The third kappa shape index (κ3) is 4.75. The van der Waals surface area contributed by atoms with Crippen molar-refractivity contribution in [2.24, 2.45) is 0 Å². The lowest BCUT2D eigenvalue weighted by atomic mass is 10.2. The third-order valence-corrected chi connectivity index (χ3v) is 3.90. The predicted octanol–water partition coefficient (Wildman–Crippen LogP) is 3.41. The minimum Gasteiger partial charge on any atom is -0.405 e. The van der Waals surface area contributed by atoms with E-state index in [4.69, 9.17) is 4.74 Å². The first-order valence-electron chi connectivity index (χ1n) is 8.21. The van der Waals surface area contributed by atoms with E-state index in [0.29, 0.717) is 12.3 Å². The number of amides is 1.